The van der Waals surface area contributed by atoms with E-state index in [1.54, 1.807) is 12.1 Å². The summed E-state index contributed by atoms with van der Waals surface area (Å²) >= 11 is 5.98. The molecule has 1 atom stereocenters. The van der Waals surface area contributed by atoms with Gasteiger partial charge >= 0.3 is 0 Å². The molecular formula is C16H18ClNO. The second-order valence-electron chi connectivity index (χ2n) is 4.65. The molecule has 2 N–H and O–H groups in total. The third kappa shape index (κ3) is 4.27. The van der Waals surface area contributed by atoms with Gasteiger partial charge in [-0.2, -0.15) is 0 Å². The van der Waals surface area contributed by atoms with Crippen molar-refractivity contribution in [1.29, 1.82) is 0 Å². The van der Waals surface area contributed by atoms with Crippen LogP contribution in [0.1, 0.15) is 24.1 Å². The minimum atomic E-state index is 0.274. The molecule has 2 nitrogen and oxygen atoms in total. The predicted molar refractivity (Wildman–Crippen MR) is 79.7 cm³/mol. The number of aromatic hydroxyl groups is 1. The van der Waals surface area contributed by atoms with Crippen molar-refractivity contribution in [1.82, 2.24) is 5.32 Å². The van der Waals surface area contributed by atoms with E-state index in [2.05, 4.69) is 18.3 Å². The third-order valence-corrected chi connectivity index (χ3v) is 3.38. The van der Waals surface area contributed by atoms with Gasteiger partial charge in [-0.25, -0.2) is 0 Å². The van der Waals surface area contributed by atoms with Gasteiger partial charge in [-0.05, 0) is 55.3 Å². The fourth-order valence-electron chi connectivity index (χ4n) is 1.99. The second-order valence-corrected chi connectivity index (χ2v) is 5.08. The summed E-state index contributed by atoms with van der Waals surface area (Å²) in [5.74, 6) is 0.309. The summed E-state index contributed by atoms with van der Waals surface area (Å²) in [5.41, 5.74) is 2.40. The molecule has 100 valence electrons. The van der Waals surface area contributed by atoms with E-state index in [1.807, 2.05) is 30.3 Å². The molecule has 3 heteroatoms. The highest BCUT2D eigenvalue weighted by Gasteiger charge is 2.04. The van der Waals surface area contributed by atoms with Gasteiger partial charge in [-0.1, -0.05) is 35.9 Å². The summed E-state index contributed by atoms with van der Waals surface area (Å²) < 4.78 is 0. The van der Waals surface area contributed by atoms with E-state index in [0.717, 1.165) is 18.0 Å². The largest absolute Gasteiger partial charge is 0.508 e. The number of hydrogen-bond acceptors (Lipinski definition) is 2. The van der Waals surface area contributed by atoms with Crippen molar-refractivity contribution in [2.45, 2.75) is 19.4 Å². The summed E-state index contributed by atoms with van der Waals surface area (Å²) in [4.78, 5) is 0. The quantitative estimate of drug-likeness (QED) is 0.866. The van der Waals surface area contributed by atoms with Gasteiger partial charge in [0.2, 0.25) is 0 Å². The van der Waals surface area contributed by atoms with Crippen LogP contribution in [0.2, 0.25) is 5.02 Å². The highest BCUT2D eigenvalue weighted by atomic mass is 35.5. The predicted octanol–water partition coefficient (Wildman–Crippen LogP) is 3.94. The molecule has 2 rings (SSSR count). The van der Waals surface area contributed by atoms with Crippen molar-refractivity contribution < 1.29 is 5.11 Å². The Labute approximate surface area is 119 Å². The maximum atomic E-state index is 9.22. The van der Waals surface area contributed by atoms with E-state index < -0.39 is 0 Å². The Morgan fingerprint density at radius 1 is 1.16 bits per heavy atom. The summed E-state index contributed by atoms with van der Waals surface area (Å²) in [6.07, 6.45) is 0.936. The average molecular weight is 276 g/mol. The Balaban J connectivity index is 1.84. The number of benzene rings is 2. The van der Waals surface area contributed by atoms with E-state index in [0.29, 0.717) is 5.75 Å². The highest BCUT2D eigenvalue weighted by Crippen LogP contribution is 2.17. The molecule has 0 aromatic heterocycles. The lowest BCUT2D eigenvalue weighted by atomic mass is 10.1. The van der Waals surface area contributed by atoms with Crippen LogP contribution in [0.3, 0.4) is 0 Å². The number of phenols is 1. The first-order valence-electron chi connectivity index (χ1n) is 6.42. The molecule has 1 unspecified atom stereocenters. The van der Waals surface area contributed by atoms with Crippen LogP contribution in [0.15, 0.2) is 48.5 Å². The van der Waals surface area contributed by atoms with Gasteiger partial charge in [-0.3, -0.25) is 0 Å². The van der Waals surface area contributed by atoms with Crippen LogP contribution in [0.4, 0.5) is 0 Å². The summed E-state index contributed by atoms with van der Waals surface area (Å²) in [5, 5.41) is 13.5. The minimum Gasteiger partial charge on any atom is -0.508 e. The van der Waals surface area contributed by atoms with Gasteiger partial charge in [0.25, 0.3) is 0 Å². The normalized spacial score (nSPS) is 12.3. The van der Waals surface area contributed by atoms with Crippen molar-refractivity contribution in [2.75, 3.05) is 6.54 Å². The van der Waals surface area contributed by atoms with Crippen molar-refractivity contribution in [3.05, 3.63) is 64.7 Å². The van der Waals surface area contributed by atoms with Crippen LogP contribution in [0, 0.1) is 0 Å². The zero-order valence-corrected chi connectivity index (χ0v) is 11.7. The Morgan fingerprint density at radius 2 is 1.89 bits per heavy atom. The summed E-state index contributed by atoms with van der Waals surface area (Å²) in [6.45, 7) is 3.01. The van der Waals surface area contributed by atoms with Gasteiger partial charge in [0.15, 0.2) is 0 Å². The van der Waals surface area contributed by atoms with Crippen molar-refractivity contribution >= 4 is 11.6 Å². The molecule has 0 heterocycles. The molecular weight excluding hydrogens is 258 g/mol. The SMILES string of the molecule is CC(NCCc1ccc(O)cc1)c1cccc(Cl)c1. The number of nitrogens with one attached hydrogen (secondary N) is 1. The average Bonchev–Trinajstić information content (AvgIpc) is 2.41. The zero-order valence-electron chi connectivity index (χ0n) is 10.9. The van der Waals surface area contributed by atoms with Gasteiger partial charge in [0.05, 0.1) is 0 Å². The van der Waals surface area contributed by atoms with E-state index in [1.165, 1.54) is 11.1 Å². The first kappa shape index (κ1) is 13.9. The Morgan fingerprint density at radius 3 is 2.58 bits per heavy atom. The molecule has 19 heavy (non-hydrogen) atoms. The van der Waals surface area contributed by atoms with Crippen LogP contribution in [-0.2, 0) is 6.42 Å². The smallest absolute Gasteiger partial charge is 0.115 e. The molecule has 0 aliphatic carbocycles. The van der Waals surface area contributed by atoms with Crippen molar-refractivity contribution in [3.63, 3.8) is 0 Å². The lowest BCUT2D eigenvalue weighted by Crippen LogP contribution is -2.21. The van der Waals surface area contributed by atoms with Crippen molar-refractivity contribution in [2.24, 2.45) is 0 Å². The fraction of sp³-hybridized carbons (Fsp3) is 0.250. The van der Waals surface area contributed by atoms with E-state index in [9.17, 15) is 5.11 Å². The molecule has 0 amide bonds. The molecule has 0 radical (unpaired) electrons. The van der Waals surface area contributed by atoms with Gasteiger partial charge in [0.1, 0.15) is 5.75 Å². The molecule has 2 aromatic carbocycles. The molecule has 0 fully saturated rings. The molecule has 2 aromatic rings. The van der Waals surface area contributed by atoms with Gasteiger partial charge in [-0.15, -0.1) is 0 Å². The summed E-state index contributed by atoms with van der Waals surface area (Å²) in [6, 6.07) is 15.5. The zero-order chi connectivity index (χ0) is 13.7. The van der Waals surface area contributed by atoms with Crippen LogP contribution in [-0.4, -0.2) is 11.7 Å². The minimum absolute atomic E-state index is 0.274. The van der Waals surface area contributed by atoms with Crippen molar-refractivity contribution in [3.8, 4) is 5.75 Å². The van der Waals surface area contributed by atoms with E-state index >= 15 is 0 Å². The molecule has 0 saturated heterocycles. The second kappa shape index (κ2) is 6.60. The number of rotatable bonds is 5. The third-order valence-electron chi connectivity index (χ3n) is 3.15. The monoisotopic (exact) mass is 275 g/mol. The first-order chi connectivity index (χ1) is 9.15. The maximum absolute atomic E-state index is 9.22. The van der Waals surface area contributed by atoms with E-state index in [-0.39, 0.29) is 6.04 Å². The standard InChI is InChI=1S/C16H18ClNO/c1-12(14-3-2-4-15(17)11-14)18-10-9-13-5-7-16(19)8-6-13/h2-8,11-12,18-19H,9-10H2,1H3. The molecule has 0 aliphatic rings. The Bertz CT molecular complexity index is 525. The molecule has 0 aliphatic heterocycles. The van der Waals surface area contributed by atoms with E-state index in [4.69, 9.17) is 11.6 Å². The Hall–Kier alpha value is -1.51. The van der Waals surface area contributed by atoms with Crippen LogP contribution < -0.4 is 5.32 Å². The lowest BCUT2D eigenvalue weighted by Gasteiger charge is -2.14. The molecule has 0 spiro atoms. The number of halogens is 1. The van der Waals surface area contributed by atoms with Crippen LogP contribution in [0.25, 0.3) is 0 Å². The maximum Gasteiger partial charge on any atom is 0.115 e. The fourth-order valence-corrected chi connectivity index (χ4v) is 2.19. The lowest BCUT2D eigenvalue weighted by molar-refractivity contribution is 0.475. The highest BCUT2D eigenvalue weighted by molar-refractivity contribution is 6.30. The van der Waals surface area contributed by atoms with Crippen LogP contribution >= 0.6 is 11.6 Å². The molecule has 0 bridgehead atoms. The number of hydrogen-bond donors (Lipinski definition) is 2. The van der Waals surface area contributed by atoms with Gasteiger partial charge < -0.3 is 10.4 Å². The topological polar surface area (TPSA) is 32.3 Å². The Kier molecular flexibility index (Phi) is 4.83. The van der Waals surface area contributed by atoms with Crippen LogP contribution in [0.5, 0.6) is 5.75 Å². The first-order valence-corrected chi connectivity index (χ1v) is 6.80. The molecule has 0 saturated carbocycles. The summed E-state index contributed by atoms with van der Waals surface area (Å²) in [7, 11) is 0. The number of phenolic OH excluding ortho intramolecular Hbond substituents is 1. The van der Waals surface area contributed by atoms with Gasteiger partial charge in [0, 0.05) is 11.1 Å².